The largest absolute Gasteiger partial charge is 0.394 e. The van der Waals surface area contributed by atoms with Crippen LogP contribution >= 0.6 is 0 Å². The molecule has 96 valence electrons. The highest BCUT2D eigenvalue weighted by atomic mass is 19.1. The average Bonchev–Trinajstić information content (AvgIpc) is 2.27. The van der Waals surface area contributed by atoms with Gasteiger partial charge in [-0.3, -0.25) is 0 Å². The van der Waals surface area contributed by atoms with Gasteiger partial charge in [0.05, 0.1) is 23.9 Å². The van der Waals surface area contributed by atoms with Crippen molar-refractivity contribution in [1.29, 1.82) is 0 Å². The molecule has 0 saturated heterocycles. The SMILES string of the molecule is CC(O)c1ccc(N(C)C(C)(C)CO)c(F)c1. The van der Waals surface area contributed by atoms with Gasteiger partial charge in [-0.15, -0.1) is 0 Å². The smallest absolute Gasteiger partial charge is 0.146 e. The van der Waals surface area contributed by atoms with Crippen LogP contribution in [-0.4, -0.2) is 29.4 Å². The summed E-state index contributed by atoms with van der Waals surface area (Å²) in [4.78, 5) is 1.69. The number of likely N-dealkylation sites (N-methyl/N-ethyl adjacent to an activating group) is 1. The summed E-state index contributed by atoms with van der Waals surface area (Å²) in [5, 5.41) is 18.6. The Hall–Kier alpha value is -1.13. The van der Waals surface area contributed by atoms with Crippen molar-refractivity contribution in [3.05, 3.63) is 29.6 Å². The van der Waals surface area contributed by atoms with Crippen molar-refractivity contribution in [2.24, 2.45) is 0 Å². The summed E-state index contributed by atoms with van der Waals surface area (Å²) >= 11 is 0. The van der Waals surface area contributed by atoms with Crippen LogP contribution in [-0.2, 0) is 0 Å². The van der Waals surface area contributed by atoms with Crippen LogP contribution in [0.1, 0.15) is 32.4 Å². The number of halogens is 1. The van der Waals surface area contributed by atoms with Crippen LogP contribution < -0.4 is 4.90 Å². The molecule has 4 heteroatoms. The Balaban J connectivity index is 3.08. The first-order valence-corrected chi connectivity index (χ1v) is 5.62. The van der Waals surface area contributed by atoms with Gasteiger partial charge in [0, 0.05) is 7.05 Å². The molecule has 2 N–H and O–H groups in total. The van der Waals surface area contributed by atoms with Gasteiger partial charge in [-0.25, -0.2) is 4.39 Å². The van der Waals surface area contributed by atoms with Gasteiger partial charge in [-0.05, 0) is 38.5 Å². The minimum Gasteiger partial charge on any atom is -0.394 e. The molecule has 3 nitrogen and oxygen atoms in total. The molecule has 1 rings (SSSR count). The molecule has 0 bridgehead atoms. The van der Waals surface area contributed by atoms with Crippen LogP contribution in [0.5, 0.6) is 0 Å². The lowest BCUT2D eigenvalue weighted by molar-refractivity contribution is 0.198. The minimum absolute atomic E-state index is 0.0684. The van der Waals surface area contributed by atoms with Gasteiger partial charge in [0.1, 0.15) is 5.82 Å². The van der Waals surface area contributed by atoms with Gasteiger partial charge < -0.3 is 15.1 Å². The number of hydrogen-bond donors (Lipinski definition) is 2. The number of aliphatic hydroxyl groups excluding tert-OH is 2. The van der Waals surface area contributed by atoms with Crippen LogP contribution in [0.25, 0.3) is 0 Å². The molecule has 0 amide bonds. The molecule has 1 unspecified atom stereocenters. The van der Waals surface area contributed by atoms with Crippen LogP contribution in [0.15, 0.2) is 18.2 Å². The topological polar surface area (TPSA) is 43.7 Å². The van der Waals surface area contributed by atoms with Gasteiger partial charge in [0.15, 0.2) is 0 Å². The maximum atomic E-state index is 13.9. The predicted molar refractivity (Wildman–Crippen MR) is 66.6 cm³/mol. The number of hydrogen-bond acceptors (Lipinski definition) is 3. The van der Waals surface area contributed by atoms with Gasteiger partial charge in [0.25, 0.3) is 0 Å². The second-order valence-electron chi connectivity index (χ2n) is 4.92. The standard InChI is InChI=1S/C13H20FNO2/c1-9(17)10-5-6-12(11(14)7-10)15(4)13(2,3)8-16/h5-7,9,16-17H,8H2,1-4H3. The highest BCUT2D eigenvalue weighted by Gasteiger charge is 2.25. The summed E-state index contributed by atoms with van der Waals surface area (Å²) in [6.45, 7) is 5.18. The quantitative estimate of drug-likeness (QED) is 0.848. The zero-order valence-electron chi connectivity index (χ0n) is 10.7. The molecule has 0 aliphatic heterocycles. The third kappa shape index (κ3) is 2.96. The van der Waals surface area contributed by atoms with Crippen LogP contribution in [0.4, 0.5) is 10.1 Å². The molecule has 0 aliphatic carbocycles. The summed E-state index contributed by atoms with van der Waals surface area (Å²) in [7, 11) is 1.73. The second-order valence-corrected chi connectivity index (χ2v) is 4.92. The molecule has 1 atom stereocenters. The van der Waals surface area contributed by atoms with Crippen molar-refractivity contribution >= 4 is 5.69 Å². The first-order valence-electron chi connectivity index (χ1n) is 5.62. The molecule has 1 aromatic carbocycles. The van der Waals surface area contributed by atoms with Crippen LogP contribution in [0, 0.1) is 5.82 Å². The molecule has 0 radical (unpaired) electrons. The van der Waals surface area contributed by atoms with E-state index in [0.717, 1.165) is 0 Å². The van der Waals surface area contributed by atoms with Crippen molar-refractivity contribution in [2.75, 3.05) is 18.6 Å². The molecule has 0 aliphatic rings. The van der Waals surface area contributed by atoms with E-state index in [9.17, 15) is 14.6 Å². The fraction of sp³-hybridized carbons (Fsp3) is 0.538. The molecular formula is C13H20FNO2. The van der Waals surface area contributed by atoms with E-state index in [1.54, 1.807) is 31.0 Å². The predicted octanol–water partition coefficient (Wildman–Crippen LogP) is 2.09. The summed E-state index contributed by atoms with van der Waals surface area (Å²) < 4.78 is 13.9. The van der Waals surface area contributed by atoms with E-state index in [4.69, 9.17) is 0 Å². The van der Waals surface area contributed by atoms with Crippen molar-refractivity contribution in [3.8, 4) is 0 Å². The third-order valence-electron chi connectivity index (χ3n) is 3.11. The molecule has 0 aromatic heterocycles. The Morgan fingerprint density at radius 1 is 1.41 bits per heavy atom. The number of aliphatic hydroxyl groups is 2. The lowest BCUT2D eigenvalue weighted by Gasteiger charge is -2.36. The number of anilines is 1. The average molecular weight is 241 g/mol. The van der Waals surface area contributed by atoms with Crippen molar-refractivity contribution in [2.45, 2.75) is 32.4 Å². The summed E-state index contributed by atoms with van der Waals surface area (Å²) in [6, 6.07) is 4.63. The van der Waals surface area contributed by atoms with Gasteiger partial charge in [0.2, 0.25) is 0 Å². The number of benzene rings is 1. The molecule has 0 spiro atoms. The summed E-state index contributed by atoms with van der Waals surface area (Å²) in [6.07, 6.45) is -0.685. The second kappa shape index (κ2) is 5.02. The van der Waals surface area contributed by atoms with E-state index < -0.39 is 17.5 Å². The van der Waals surface area contributed by atoms with Crippen molar-refractivity contribution in [3.63, 3.8) is 0 Å². The zero-order chi connectivity index (χ0) is 13.2. The Kier molecular flexibility index (Phi) is 4.11. The highest BCUT2D eigenvalue weighted by Crippen LogP contribution is 2.27. The van der Waals surface area contributed by atoms with Gasteiger partial charge in [-0.1, -0.05) is 6.07 Å². The van der Waals surface area contributed by atoms with E-state index in [1.807, 2.05) is 13.8 Å². The summed E-state index contributed by atoms with van der Waals surface area (Å²) in [5.74, 6) is -0.396. The van der Waals surface area contributed by atoms with Crippen LogP contribution in [0.2, 0.25) is 0 Å². The van der Waals surface area contributed by atoms with E-state index in [0.29, 0.717) is 11.3 Å². The maximum absolute atomic E-state index is 13.9. The molecule has 1 aromatic rings. The Bertz CT molecular complexity index is 391. The van der Waals surface area contributed by atoms with Crippen molar-refractivity contribution in [1.82, 2.24) is 0 Å². The monoisotopic (exact) mass is 241 g/mol. The zero-order valence-corrected chi connectivity index (χ0v) is 10.7. The lowest BCUT2D eigenvalue weighted by atomic mass is 10.0. The first kappa shape index (κ1) is 13.9. The third-order valence-corrected chi connectivity index (χ3v) is 3.11. The molecule has 0 saturated carbocycles. The Morgan fingerprint density at radius 3 is 2.41 bits per heavy atom. The Morgan fingerprint density at radius 2 is 2.00 bits per heavy atom. The fourth-order valence-corrected chi connectivity index (χ4v) is 1.49. The van der Waals surface area contributed by atoms with E-state index in [-0.39, 0.29) is 6.61 Å². The molecule has 17 heavy (non-hydrogen) atoms. The molecular weight excluding hydrogens is 221 g/mol. The van der Waals surface area contributed by atoms with Gasteiger partial charge in [-0.2, -0.15) is 0 Å². The molecule has 0 fully saturated rings. The van der Waals surface area contributed by atoms with E-state index in [2.05, 4.69) is 0 Å². The van der Waals surface area contributed by atoms with E-state index >= 15 is 0 Å². The van der Waals surface area contributed by atoms with Crippen molar-refractivity contribution < 1.29 is 14.6 Å². The lowest BCUT2D eigenvalue weighted by Crippen LogP contribution is -2.44. The van der Waals surface area contributed by atoms with E-state index in [1.165, 1.54) is 6.07 Å². The van der Waals surface area contributed by atoms with Crippen LogP contribution in [0.3, 0.4) is 0 Å². The minimum atomic E-state index is -0.685. The number of nitrogens with zero attached hydrogens (tertiary/aromatic N) is 1. The normalized spacial score (nSPS) is 13.6. The first-order chi connectivity index (χ1) is 7.79. The number of rotatable bonds is 4. The highest BCUT2D eigenvalue weighted by molar-refractivity contribution is 5.50. The van der Waals surface area contributed by atoms with Gasteiger partial charge >= 0.3 is 0 Å². The summed E-state index contributed by atoms with van der Waals surface area (Å²) in [5.41, 5.74) is 0.419. The fourth-order valence-electron chi connectivity index (χ4n) is 1.49. The maximum Gasteiger partial charge on any atom is 0.146 e. The molecule has 0 heterocycles. The Labute approximate surface area is 101 Å².